The van der Waals surface area contributed by atoms with Crippen LogP contribution in [0.4, 0.5) is 0 Å². The van der Waals surface area contributed by atoms with E-state index >= 15 is 0 Å². The molecular formula is C75H44N6. The zero-order valence-electron chi connectivity index (χ0n) is 43.6. The second kappa shape index (κ2) is 16.9. The van der Waals surface area contributed by atoms with Crippen molar-refractivity contribution in [1.29, 1.82) is 10.5 Å². The Hall–Kier alpha value is -11.2. The zero-order valence-corrected chi connectivity index (χ0v) is 43.6. The van der Waals surface area contributed by atoms with Gasteiger partial charge < -0.3 is 18.3 Å². The summed E-state index contributed by atoms with van der Waals surface area (Å²) >= 11 is 0. The maximum absolute atomic E-state index is 12.5. The van der Waals surface area contributed by atoms with Gasteiger partial charge in [0.2, 0.25) is 0 Å². The first kappa shape index (κ1) is 44.9. The highest BCUT2D eigenvalue weighted by Gasteiger charge is 2.48. The Labute approximate surface area is 465 Å². The van der Waals surface area contributed by atoms with Gasteiger partial charge in [0, 0.05) is 43.1 Å². The van der Waals surface area contributed by atoms with Crippen LogP contribution in [-0.4, -0.2) is 18.3 Å². The van der Waals surface area contributed by atoms with Crippen LogP contribution >= 0.6 is 0 Å². The molecule has 4 heterocycles. The van der Waals surface area contributed by atoms with Gasteiger partial charge in [-0.2, -0.15) is 10.5 Å². The third-order valence-electron chi connectivity index (χ3n) is 17.5. The fourth-order valence-electron chi connectivity index (χ4n) is 14.5. The summed E-state index contributed by atoms with van der Waals surface area (Å²) in [6.07, 6.45) is 0. The van der Waals surface area contributed by atoms with E-state index in [9.17, 15) is 10.5 Å². The minimum atomic E-state index is -0.747. The molecule has 1 aliphatic rings. The molecule has 0 radical (unpaired) electrons. The predicted molar refractivity (Wildman–Crippen MR) is 331 cm³/mol. The normalized spacial score (nSPS) is 12.8. The summed E-state index contributed by atoms with van der Waals surface area (Å²) < 4.78 is 9.36. The summed E-state index contributed by atoms with van der Waals surface area (Å²) in [5.41, 5.74) is 17.1. The molecule has 12 aromatic carbocycles. The molecule has 0 saturated heterocycles. The van der Waals surface area contributed by atoms with E-state index in [2.05, 4.69) is 297 Å². The van der Waals surface area contributed by atoms with Gasteiger partial charge >= 0.3 is 0 Å². The number of fused-ring (bicyclic) bond motifs is 16. The van der Waals surface area contributed by atoms with E-state index in [1.54, 1.807) is 0 Å². The van der Waals surface area contributed by atoms with Crippen molar-refractivity contribution in [3.63, 3.8) is 0 Å². The molecule has 6 nitrogen and oxygen atoms in total. The number of para-hydroxylation sites is 7. The van der Waals surface area contributed by atoms with E-state index in [4.69, 9.17) is 0 Å². The lowest BCUT2D eigenvalue weighted by Crippen LogP contribution is -2.28. The van der Waals surface area contributed by atoms with Crippen LogP contribution in [0.25, 0.3) is 121 Å². The molecule has 1 aliphatic carbocycles. The lowest BCUT2D eigenvalue weighted by molar-refractivity contribution is 0.776. The Balaban J connectivity index is 1.17. The quantitative estimate of drug-likeness (QED) is 0.167. The molecule has 0 bridgehead atoms. The van der Waals surface area contributed by atoms with Crippen LogP contribution in [0.15, 0.2) is 267 Å². The average molecular weight is 1030 g/mol. The molecule has 16 aromatic rings. The van der Waals surface area contributed by atoms with Gasteiger partial charge in [0.15, 0.2) is 0 Å². The van der Waals surface area contributed by atoms with Crippen LogP contribution in [0.5, 0.6) is 0 Å². The molecule has 0 fully saturated rings. The van der Waals surface area contributed by atoms with Gasteiger partial charge in [-0.1, -0.05) is 218 Å². The van der Waals surface area contributed by atoms with Crippen molar-refractivity contribution in [1.82, 2.24) is 18.3 Å². The second-order valence-corrected chi connectivity index (χ2v) is 21.2. The van der Waals surface area contributed by atoms with Gasteiger partial charge in [0.1, 0.15) is 12.1 Å². The summed E-state index contributed by atoms with van der Waals surface area (Å²) in [5, 5.41) is 33.5. The molecule has 0 atom stereocenters. The summed E-state index contributed by atoms with van der Waals surface area (Å²) in [4.78, 5) is 0. The lowest BCUT2D eigenvalue weighted by Gasteiger charge is -2.34. The van der Waals surface area contributed by atoms with E-state index in [0.717, 1.165) is 115 Å². The van der Waals surface area contributed by atoms with Crippen molar-refractivity contribution in [2.45, 2.75) is 5.41 Å². The van der Waals surface area contributed by atoms with Crippen LogP contribution in [0, 0.1) is 22.7 Å². The third-order valence-corrected chi connectivity index (χ3v) is 17.5. The van der Waals surface area contributed by atoms with Gasteiger partial charge in [0.05, 0.1) is 83.4 Å². The van der Waals surface area contributed by atoms with Gasteiger partial charge in [-0.15, -0.1) is 0 Å². The molecule has 0 N–H and O–H groups in total. The molecule has 17 rings (SSSR count). The molecule has 0 amide bonds. The Kier molecular flexibility index (Phi) is 9.37. The highest BCUT2D eigenvalue weighted by atomic mass is 15.1. The van der Waals surface area contributed by atoms with Crippen molar-refractivity contribution < 1.29 is 0 Å². The molecule has 0 spiro atoms. The third kappa shape index (κ3) is 5.82. The molecular weight excluding hydrogens is 985 g/mol. The standard InChI is InChI=1S/C75H44N6/c76-45-58-59(46-77)72(81-67-42-22-14-34-57(67)69-68(81)44-43-56-49-27-7-15-35-60(49)75(70(56)69,47-23-3-1-4-24-47)48-25-5-2-6-26-48)74(80-65-40-20-12-32-54(65)55-33-13-21-41-66(55)80)73(79-63-38-18-10-30-52(63)53-31-11-19-39-64(53)79)71(58)78-61-36-16-8-28-50(61)51-29-9-17-37-62(51)78/h1-44H. The van der Waals surface area contributed by atoms with Crippen molar-refractivity contribution in [2.24, 2.45) is 0 Å². The number of rotatable bonds is 6. The number of hydrogen-bond acceptors (Lipinski definition) is 2. The number of aromatic nitrogens is 4. The highest BCUT2D eigenvalue weighted by molar-refractivity contribution is 6.18. The average Bonchev–Trinajstić information content (AvgIpc) is 3.52. The number of hydrogen-bond donors (Lipinski definition) is 0. The smallest absolute Gasteiger partial charge is 0.103 e. The number of nitriles is 2. The van der Waals surface area contributed by atoms with Gasteiger partial charge in [-0.25, -0.2) is 0 Å². The van der Waals surface area contributed by atoms with E-state index in [-0.39, 0.29) is 11.1 Å². The molecule has 0 aliphatic heterocycles. The molecule has 374 valence electrons. The van der Waals surface area contributed by atoms with Gasteiger partial charge in [-0.05, 0) is 81.9 Å². The molecule has 81 heavy (non-hydrogen) atoms. The van der Waals surface area contributed by atoms with Crippen molar-refractivity contribution >= 4 is 87.2 Å². The van der Waals surface area contributed by atoms with Crippen LogP contribution in [0.1, 0.15) is 33.4 Å². The number of nitrogens with zero attached hydrogens (tertiary/aromatic N) is 6. The minimum Gasteiger partial charge on any atom is -0.306 e. The second-order valence-electron chi connectivity index (χ2n) is 21.2. The molecule has 0 saturated carbocycles. The van der Waals surface area contributed by atoms with Crippen LogP contribution in [-0.2, 0) is 5.41 Å². The summed E-state index contributed by atoms with van der Waals surface area (Å²) in [5.74, 6) is 0. The maximum atomic E-state index is 12.5. The van der Waals surface area contributed by atoms with E-state index in [0.29, 0.717) is 11.4 Å². The van der Waals surface area contributed by atoms with Gasteiger partial charge in [0.25, 0.3) is 0 Å². The first-order chi connectivity index (χ1) is 40.2. The van der Waals surface area contributed by atoms with E-state index in [1.807, 2.05) is 0 Å². The van der Waals surface area contributed by atoms with Crippen molar-refractivity contribution in [3.05, 3.63) is 300 Å². The van der Waals surface area contributed by atoms with E-state index < -0.39 is 5.41 Å². The highest BCUT2D eigenvalue weighted by Crippen LogP contribution is 2.60. The Morgan fingerprint density at radius 2 is 0.568 bits per heavy atom. The predicted octanol–water partition coefficient (Wildman–Crippen LogP) is 18.2. The first-order valence-corrected chi connectivity index (χ1v) is 27.5. The fourth-order valence-corrected chi connectivity index (χ4v) is 14.5. The largest absolute Gasteiger partial charge is 0.306 e. The maximum Gasteiger partial charge on any atom is 0.103 e. The topological polar surface area (TPSA) is 67.3 Å². The molecule has 0 unspecified atom stereocenters. The van der Waals surface area contributed by atoms with Crippen molar-refractivity contribution in [3.8, 4) is 46.0 Å². The van der Waals surface area contributed by atoms with Crippen molar-refractivity contribution in [2.75, 3.05) is 0 Å². The zero-order chi connectivity index (χ0) is 53.5. The number of benzene rings is 12. The molecule has 4 aromatic heterocycles. The summed E-state index contributed by atoms with van der Waals surface area (Å²) in [7, 11) is 0. The Morgan fingerprint density at radius 1 is 0.259 bits per heavy atom. The van der Waals surface area contributed by atoms with Crippen LogP contribution < -0.4 is 0 Å². The van der Waals surface area contributed by atoms with Crippen LogP contribution in [0.3, 0.4) is 0 Å². The first-order valence-electron chi connectivity index (χ1n) is 27.5. The Morgan fingerprint density at radius 3 is 0.963 bits per heavy atom. The van der Waals surface area contributed by atoms with Gasteiger partial charge in [-0.3, -0.25) is 0 Å². The van der Waals surface area contributed by atoms with E-state index in [1.165, 1.54) is 16.7 Å². The summed E-state index contributed by atoms with van der Waals surface area (Å²) in [6.45, 7) is 0. The monoisotopic (exact) mass is 1030 g/mol. The molecule has 6 heteroatoms. The van der Waals surface area contributed by atoms with Crippen LogP contribution in [0.2, 0.25) is 0 Å². The SMILES string of the molecule is N#Cc1c(C#N)c(-n2c3ccccc3c3c4c(ccc32)-c2ccccc2C4(c2ccccc2)c2ccccc2)c(-n2c3ccccc3c3ccccc32)c(-n2c3ccccc3c3ccccc32)c1-n1c2ccccc2c2ccccc21. The minimum absolute atomic E-state index is 0.263. The fraction of sp³-hybridized carbons (Fsp3) is 0.0133. The Bertz CT molecular complexity index is 5240. The summed E-state index contributed by atoms with van der Waals surface area (Å²) in [6, 6.07) is 101. The lowest BCUT2D eigenvalue weighted by atomic mass is 9.67.